The predicted molar refractivity (Wildman–Crippen MR) is 66.7 cm³/mol. The van der Waals surface area contributed by atoms with Crippen LogP contribution in [0.1, 0.15) is 11.1 Å². The third-order valence-corrected chi connectivity index (χ3v) is 4.12. The first-order valence-corrected chi connectivity index (χ1v) is 6.59. The van der Waals surface area contributed by atoms with Gasteiger partial charge in [0, 0.05) is 43.7 Å². The van der Waals surface area contributed by atoms with Crippen LogP contribution >= 0.6 is 0 Å². The van der Waals surface area contributed by atoms with Gasteiger partial charge in [-0.2, -0.15) is 13.2 Å². The largest absolute Gasteiger partial charge is 0.416 e. The highest BCUT2D eigenvalue weighted by Crippen LogP contribution is 2.39. The van der Waals surface area contributed by atoms with Crippen LogP contribution in [0, 0.1) is 11.2 Å². The van der Waals surface area contributed by atoms with Gasteiger partial charge in [-0.05, 0) is 12.1 Å². The number of benzene rings is 1. The smallest absolute Gasteiger partial charge is 0.344 e. The van der Waals surface area contributed by atoms with E-state index in [0.717, 1.165) is 25.6 Å². The maximum atomic E-state index is 13.7. The monoisotopic (exact) mass is 302 g/mol. The second-order valence-corrected chi connectivity index (χ2v) is 5.96. The van der Waals surface area contributed by atoms with Crippen molar-refractivity contribution in [1.82, 2.24) is 9.80 Å². The van der Waals surface area contributed by atoms with Gasteiger partial charge >= 0.3 is 6.18 Å². The molecule has 2 heterocycles. The summed E-state index contributed by atoms with van der Waals surface area (Å²) < 4.78 is 51.1. The number of alkyl halides is 3. The van der Waals surface area contributed by atoms with Crippen molar-refractivity contribution >= 4 is 6.41 Å². The van der Waals surface area contributed by atoms with Crippen LogP contribution in [0.2, 0.25) is 0 Å². The minimum Gasteiger partial charge on any atom is -0.344 e. The van der Waals surface area contributed by atoms with Gasteiger partial charge in [-0.3, -0.25) is 9.69 Å². The maximum Gasteiger partial charge on any atom is 0.416 e. The van der Waals surface area contributed by atoms with Crippen LogP contribution in [0.4, 0.5) is 17.6 Å². The molecule has 21 heavy (non-hydrogen) atoms. The first-order chi connectivity index (χ1) is 9.81. The van der Waals surface area contributed by atoms with E-state index in [4.69, 9.17) is 0 Å². The lowest BCUT2D eigenvalue weighted by molar-refractivity contribution is -0.147. The van der Waals surface area contributed by atoms with Crippen LogP contribution in [0.25, 0.3) is 0 Å². The average Bonchev–Trinajstić information content (AvgIpc) is 2.31. The summed E-state index contributed by atoms with van der Waals surface area (Å²) in [5.74, 6) is -0.825. The van der Waals surface area contributed by atoms with Gasteiger partial charge in [0.05, 0.1) is 5.56 Å². The van der Waals surface area contributed by atoms with Crippen LogP contribution in [0.3, 0.4) is 0 Å². The SMILES string of the molecule is O=CN1CC2(C1)CN(Cc1ccc(C(F)(F)F)cc1F)C2. The summed E-state index contributed by atoms with van der Waals surface area (Å²) in [5, 5.41) is 0. The van der Waals surface area contributed by atoms with Crippen molar-refractivity contribution in [3.63, 3.8) is 0 Å². The molecule has 0 N–H and O–H groups in total. The molecule has 2 fully saturated rings. The summed E-state index contributed by atoms with van der Waals surface area (Å²) >= 11 is 0. The summed E-state index contributed by atoms with van der Waals surface area (Å²) in [6, 6.07) is 2.65. The fourth-order valence-electron chi connectivity index (χ4n) is 3.20. The topological polar surface area (TPSA) is 23.6 Å². The number of nitrogens with zero attached hydrogens (tertiary/aromatic N) is 2. The molecule has 0 radical (unpaired) electrons. The predicted octanol–water partition coefficient (Wildman–Crippen LogP) is 2.12. The third-order valence-electron chi connectivity index (χ3n) is 4.12. The Kier molecular flexibility index (Phi) is 3.20. The first kappa shape index (κ1) is 14.3. The van der Waals surface area contributed by atoms with Crippen LogP contribution in [-0.2, 0) is 17.5 Å². The summed E-state index contributed by atoms with van der Waals surface area (Å²) in [7, 11) is 0. The summed E-state index contributed by atoms with van der Waals surface area (Å²) in [5.41, 5.74) is -0.586. The second-order valence-electron chi connectivity index (χ2n) is 5.96. The zero-order valence-corrected chi connectivity index (χ0v) is 11.2. The van der Waals surface area contributed by atoms with Crippen molar-refractivity contribution in [2.24, 2.45) is 5.41 Å². The van der Waals surface area contributed by atoms with Crippen molar-refractivity contribution in [1.29, 1.82) is 0 Å². The standard InChI is InChI=1S/C14H14F4N2O/c15-12-3-11(14(16,17)18)2-1-10(12)4-19-5-13(6-19)7-20(8-13)9-21/h1-3,9H,4-8H2. The van der Waals surface area contributed by atoms with Gasteiger partial charge in [-0.15, -0.1) is 0 Å². The molecule has 1 aromatic rings. The summed E-state index contributed by atoms with van der Waals surface area (Å²) in [6.07, 6.45) is -3.71. The van der Waals surface area contributed by atoms with Crippen molar-refractivity contribution in [2.45, 2.75) is 12.7 Å². The molecule has 2 aliphatic heterocycles. The van der Waals surface area contributed by atoms with E-state index >= 15 is 0 Å². The van der Waals surface area contributed by atoms with Gasteiger partial charge in [0.1, 0.15) is 5.82 Å². The quantitative estimate of drug-likeness (QED) is 0.631. The van der Waals surface area contributed by atoms with Crippen molar-refractivity contribution in [3.05, 3.63) is 35.1 Å². The molecule has 3 nitrogen and oxygen atoms in total. The van der Waals surface area contributed by atoms with Gasteiger partial charge in [-0.25, -0.2) is 4.39 Å². The van der Waals surface area contributed by atoms with E-state index in [1.165, 1.54) is 6.07 Å². The Hall–Kier alpha value is -1.63. The molecular formula is C14H14F4N2O. The van der Waals surface area contributed by atoms with E-state index in [1.54, 1.807) is 4.90 Å². The van der Waals surface area contributed by atoms with Gasteiger partial charge in [0.15, 0.2) is 0 Å². The third kappa shape index (κ3) is 2.62. The Morgan fingerprint density at radius 3 is 2.38 bits per heavy atom. The zero-order chi connectivity index (χ0) is 15.3. The molecule has 2 saturated heterocycles. The Morgan fingerprint density at radius 2 is 1.86 bits per heavy atom. The Morgan fingerprint density at radius 1 is 1.19 bits per heavy atom. The molecule has 1 amide bonds. The van der Waals surface area contributed by atoms with Crippen molar-refractivity contribution < 1.29 is 22.4 Å². The minimum atomic E-state index is -4.52. The molecule has 0 unspecified atom stereocenters. The molecule has 7 heteroatoms. The van der Waals surface area contributed by atoms with E-state index in [9.17, 15) is 22.4 Å². The molecule has 0 aromatic heterocycles. The van der Waals surface area contributed by atoms with Crippen LogP contribution in [-0.4, -0.2) is 42.4 Å². The average molecular weight is 302 g/mol. The number of carbonyl (C=O) groups is 1. The van der Waals surface area contributed by atoms with Crippen molar-refractivity contribution in [2.75, 3.05) is 26.2 Å². The van der Waals surface area contributed by atoms with Crippen molar-refractivity contribution in [3.8, 4) is 0 Å². The van der Waals surface area contributed by atoms with E-state index in [2.05, 4.69) is 0 Å². The van der Waals surface area contributed by atoms with E-state index < -0.39 is 17.6 Å². The Balaban J connectivity index is 1.59. The number of likely N-dealkylation sites (tertiary alicyclic amines) is 2. The lowest BCUT2D eigenvalue weighted by atomic mass is 9.73. The molecule has 2 aliphatic rings. The molecule has 1 aromatic carbocycles. The number of amides is 1. The van der Waals surface area contributed by atoms with Gasteiger partial charge in [0.25, 0.3) is 0 Å². The number of hydrogen-bond acceptors (Lipinski definition) is 2. The second kappa shape index (κ2) is 4.69. The van der Waals surface area contributed by atoms with Gasteiger partial charge in [-0.1, -0.05) is 6.07 Å². The molecule has 0 aliphatic carbocycles. The lowest BCUT2D eigenvalue weighted by Crippen LogP contribution is -2.71. The van der Waals surface area contributed by atoms with Gasteiger partial charge < -0.3 is 4.90 Å². The summed E-state index contributed by atoms with van der Waals surface area (Å²) in [4.78, 5) is 14.2. The molecule has 0 saturated carbocycles. The maximum absolute atomic E-state index is 13.7. The molecule has 3 rings (SSSR count). The minimum absolute atomic E-state index is 0.114. The highest BCUT2D eigenvalue weighted by atomic mass is 19.4. The highest BCUT2D eigenvalue weighted by Gasteiger charge is 2.51. The number of halogens is 4. The number of rotatable bonds is 3. The molecule has 0 bridgehead atoms. The van der Waals surface area contributed by atoms with Crippen LogP contribution < -0.4 is 0 Å². The first-order valence-electron chi connectivity index (χ1n) is 6.59. The van der Waals surface area contributed by atoms with E-state index in [-0.39, 0.29) is 11.0 Å². The zero-order valence-electron chi connectivity index (χ0n) is 11.2. The molecular weight excluding hydrogens is 288 g/mol. The number of hydrogen-bond donors (Lipinski definition) is 0. The number of carbonyl (C=O) groups excluding carboxylic acids is 1. The molecule has 1 spiro atoms. The van der Waals surface area contributed by atoms with Crippen LogP contribution in [0.5, 0.6) is 0 Å². The van der Waals surface area contributed by atoms with E-state index in [0.29, 0.717) is 25.7 Å². The fourth-order valence-corrected chi connectivity index (χ4v) is 3.20. The Bertz CT molecular complexity index is 559. The summed E-state index contributed by atoms with van der Waals surface area (Å²) in [6.45, 7) is 3.22. The molecule has 114 valence electrons. The Labute approximate surface area is 119 Å². The van der Waals surface area contributed by atoms with Crippen LogP contribution in [0.15, 0.2) is 18.2 Å². The lowest BCUT2D eigenvalue weighted by Gasteiger charge is -2.59. The fraction of sp³-hybridized carbons (Fsp3) is 0.500. The molecule has 0 atom stereocenters. The highest BCUT2D eigenvalue weighted by molar-refractivity contribution is 5.50. The van der Waals surface area contributed by atoms with Gasteiger partial charge in [0.2, 0.25) is 6.41 Å². The normalized spacial score (nSPS) is 21.0. The van der Waals surface area contributed by atoms with E-state index in [1.807, 2.05) is 4.90 Å².